The Hall–Kier alpha value is -1.82. The zero-order valence-corrected chi connectivity index (χ0v) is 23.6. The maximum Gasteiger partial charge on any atom is 0.198 e. The molecule has 2 aromatic rings. The van der Waals surface area contributed by atoms with Crippen LogP contribution in [0.2, 0.25) is 0 Å². The van der Waals surface area contributed by atoms with Crippen LogP contribution in [-0.2, 0) is 0 Å². The van der Waals surface area contributed by atoms with Gasteiger partial charge in [0.25, 0.3) is 0 Å². The molecular weight excluding hydrogens is 569 g/mol. The second-order valence-electron chi connectivity index (χ2n) is 7.78. The number of hydrogen-bond acceptors (Lipinski definition) is 10. The third kappa shape index (κ3) is 3.68. The zero-order valence-electron chi connectivity index (χ0n) is 18.7. The SMILES string of the molecule is CSC1=C(SC)SC(=C2SC(=C3C(=O)c4ccccc4C3=O)C(=C3C(=O)c4ccccc4C3=O)S2)S1. The summed E-state index contributed by atoms with van der Waals surface area (Å²) < 4.78 is 4.27. The smallest absolute Gasteiger partial charge is 0.198 e. The van der Waals surface area contributed by atoms with Crippen molar-refractivity contribution in [1.29, 1.82) is 0 Å². The van der Waals surface area contributed by atoms with E-state index < -0.39 is 0 Å². The lowest BCUT2D eigenvalue weighted by atomic mass is 10.1. The summed E-state index contributed by atoms with van der Waals surface area (Å²) in [5.74, 6) is -1.45. The van der Waals surface area contributed by atoms with Gasteiger partial charge in [-0.2, -0.15) is 0 Å². The zero-order chi connectivity index (χ0) is 25.1. The van der Waals surface area contributed by atoms with Gasteiger partial charge in [-0.05, 0) is 12.5 Å². The van der Waals surface area contributed by atoms with Crippen molar-refractivity contribution in [3.05, 3.63) is 109 Å². The Morgan fingerprint density at radius 2 is 0.806 bits per heavy atom. The fourth-order valence-electron chi connectivity index (χ4n) is 4.23. The molecule has 36 heavy (non-hydrogen) atoms. The minimum Gasteiger partial charge on any atom is -0.288 e. The van der Waals surface area contributed by atoms with Gasteiger partial charge in [-0.3, -0.25) is 19.2 Å². The van der Waals surface area contributed by atoms with Gasteiger partial charge in [0.1, 0.15) is 0 Å². The van der Waals surface area contributed by atoms with E-state index in [1.165, 1.54) is 32.0 Å². The molecule has 2 aromatic carbocycles. The standard InChI is InChI=1S/C26H14O4S6/c1-31-23-24(32-2)36-26(35-23)25-33-21(15-17(27)11-7-3-4-8-12(11)18(15)28)22(34-25)16-19(29)13-9-5-6-10-14(13)20(16)30/h3-10H,1-2H3. The summed E-state index contributed by atoms with van der Waals surface area (Å²) in [7, 11) is 0. The second-order valence-corrected chi connectivity index (χ2v) is 14.5. The third-order valence-corrected chi connectivity index (χ3v) is 14.2. The molecule has 2 aliphatic carbocycles. The highest BCUT2D eigenvalue weighted by Crippen LogP contribution is 2.65. The molecule has 10 heteroatoms. The van der Waals surface area contributed by atoms with Crippen molar-refractivity contribution in [2.45, 2.75) is 0 Å². The first-order chi connectivity index (χ1) is 17.4. The average Bonchev–Trinajstić information content (AvgIpc) is 3.63. The average molecular weight is 583 g/mol. The molecule has 0 atom stereocenters. The topological polar surface area (TPSA) is 68.3 Å². The molecule has 1 fully saturated rings. The lowest BCUT2D eigenvalue weighted by Gasteiger charge is -2.05. The normalized spacial score (nSPS) is 19.5. The molecule has 0 radical (unpaired) electrons. The van der Waals surface area contributed by atoms with Gasteiger partial charge < -0.3 is 0 Å². The van der Waals surface area contributed by atoms with E-state index in [0.717, 1.165) is 8.47 Å². The van der Waals surface area contributed by atoms with Crippen molar-refractivity contribution in [3.63, 3.8) is 0 Å². The van der Waals surface area contributed by atoms with Crippen LogP contribution in [0.5, 0.6) is 0 Å². The molecule has 2 aliphatic heterocycles. The number of carbonyl (C=O) groups excluding carboxylic acids is 4. The highest BCUT2D eigenvalue weighted by atomic mass is 32.3. The van der Waals surface area contributed by atoms with Crippen LogP contribution in [0, 0.1) is 0 Å². The molecule has 0 unspecified atom stereocenters. The van der Waals surface area contributed by atoms with Crippen LogP contribution in [0.25, 0.3) is 0 Å². The molecule has 0 saturated carbocycles. The largest absolute Gasteiger partial charge is 0.288 e. The summed E-state index contributed by atoms with van der Waals surface area (Å²) in [6, 6.07) is 13.5. The fraction of sp³-hybridized carbons (Fsp3) is 0.0769. The summed E-state index contributed by atoms with van der Waals surface area (Å²) in [5, 5.41) is 0. The van der Waals surface area contributed by atoms with E-state index in [4.69, 9.17) is 0 Å². The number of thioether (sulfide) groups is 6. The van der Waals surface area contributed by atoms with E-state index in [0.29, 0.717) is 32.1 Å². The van der Waals surface area contributed by atoms with Crippen LogP contribution in [0.3, 0.4) is 0 Å². The number of ketones is 4. The van der Waals surface area contributed by atoms with Crippen molar-refractivity contribution in [2.24, 2.45) is 0 Å². The first-order valence-corrected chi connectivity index (χ1v) is 16.3. The molecule has 2 heterocycles. The molecule has 0 amide bonds. The van der Waals surface area contributed by atoms with Gasteiger partial charge in [-0.1, -0.05) is 95.6 Å². The van der Waals surface area contributed by atoms with E-state index >= 15 is 0 Å². The van der Waals surface area contributed by atoms with E-state index in [1.807, 2.05) is 12.5 Å². The molecule has 4 nitrogen and oxygen atoms in total. The molecule has 0 bridgehead atoms. The maximum absolute atomic E-state index is 13.4. The predicted octanol–water partition coefficient (Wildman–Crippen LogP) is 7.59. The van der Waals surface area contributed by atoms with E-state index in [1.54, 1.807) is 95.6 Å². The van der Waals surface area contributed by atoms with Gasteiger partial charge >= 0.3 is 0 Å². The van der Waals surface area contributed by atoms with E-state index in [-0.39, 0.29) is 34.3 Å². The van der Waals surface area contributed by atoms with Crippen LogP contribution in [0.15, 0.2) is 86.4 Å². The van der Waals surface area contributed by atoms with Gasteiger partial charge in [0.15, 0.2) is 23.1 Å². The Labute approximate surface area is 232 Å². The molecule has 0 aromatic heterocycles. The molecule has 4 aliphatic rings. The fourth-order valence-corrected chi connectivity index (χ4v) is 12.3. The van der Waals surface area contributed by atoms with E-state index in [2.05, 4.69) is 0 Å². The lowest BCUT2D eigenvalue weighted by molar-refractivity contribution is 0.0970. The van der Waals surface area contributed by atoms with Gasteiger partial charge in [0, 0.05) is 32.1 Å². The highest BCUT2D eigenvalue weighted by molar-refractivity contribution is 8.42. The van der Waals surface area contributed by atoms with E-state index in [9.17, 15) is 19.2 Å². The molecule has 1 saturated heterocycles. The number of benzene rings is 2. The van der Waals surface area contributed by atoms with Crippen molar-refractivity contribution in [2.75, 3.05) is 12.5 Å². The summed E-state index contributed by atoms with van der Waals surface area (Å²) >= 11 is 9.27. The Morgan fingerprint density at radius 3 is 1.11 bits per heavy atom. The lowest BCUT2D eigenvalue weighted by Crippen LogP contribution is -2.08. The molecular formula is C26H14O4S6. The van der Waals surface area contributed by atoms with Crippen molar-refractivity contribution in [3.8, 4) is 0 Å². The van der Waals surface area contributed by atoms with Crippen molar-refractivity contribution >= 4 is 93.7 Å². The highest BCUT2D eigenvalue weighted by Gasteiger charge is 2.44. The molecule has 6 rings (SSSR count). The number of allylic oxidation sites excluding steroid dienone is 2. The summed E-state index contributed by atoms with van der Waals surface area (Å²) in [6.07, 6.45) is 4.06. The van der Waals surface area contributed by atoms with Crippen LogP contribution < -0.4 is 0 Å². The monoisotopic (exact) mass is 582 g/mol. The quantitative estimate of drug-likeness (QED) is 0.261. The van der Waals surface area contributed by atoms with Crippen molar-refractivity contribution in [1.82, 2.24) is 0 Å². The van der Waals surface area contributed by atoms with Crippen LogP contribution in [0.4, 0.5) is 0 Å². The number of Topliss-reactive ketones (excluding diaryl/α,β-unsaturated/α-hetero) is 4. The number of rotatable bonds is 2. The van der Waals surface area contributed by atoms with Crippen LogP contribution in [-0.4, -0.2) is 35.6 Å². The first kappa shape index (κ1) is 24.5. The van der Waals surface area contributed by atoms with Gasteiger partial charge in [-0.25, -0.2) is 0 Å². The Kier molecular flexibility index (Phi) is 6.46. The Balaban J connectivity index is 1.56. The summed E-state index contributed by atoms with van der Waals surface area (Å²) in [6.45, 7) is 0. The number of hydrogen-bond donors (Lipinski definition) is 0. The second kappa shape index (κ2) is 9.49. The predicted molar refractivity (Wildman–Crippen MR) is 156 cm³/mol. The van der Waals surface area contributed by atoms with Gasteiger partial charge in [0.05, 0.1) is 28.1 Å². The third-order valence-electron chi connectivity index (χ3n) is 5.87. The Bertz CT molecular complexity index is 1390. The Morgan fingerprint density at radius 1 is 0.500 bits per heavy atom. The molecule has 178 valence electrons. The minimum atomic E-state index is -0.363. The summed E-state index contributed by atoms with van der Waals surface area (Å²) in [5.41, 5.74) is 1.50. The summed E-state index contributed by atoms with van der Waals surface area (Å²) in [4.78, 5) is 54.5. The number of fused-ring (bicyclic) bond motifs is 2. The first-order valence-electron chi connectivity index (χ1n) is 10.6. The number of carbonyl (C=O) groups is 4. The van der Waals surface area contributed by atoms with Gasteiger partial charge in [0.2, 0.25) is 0 Å². The molecule has 0 spiro atoms. The van der Waals surface area contributed by atoms with Gasteiger partial charge in [-0.15, -0.1) is 23.5 Å². The van der Waals surface area contributed by atoms with Crippen molar-refractivity contribution < 1.29 is 19.2 Å². The molecule has 0 N–H and O–H groups in total. The van der Waals surface area contributed by atoms with Crippen LogP contribution >= 0.6 is 70.6 Å². The minimum absolute atomic E-state index is 0.0412. The maximum atomic E-state index is 13.4. The van der Waals surface area contributed by atoms with Crippen LogP contribution in [0.1, 0.15) is 41.4 Å².